The van der Waals surface area contributed by atoms with Crippen molar-refractivity contribution in [3.05, 3.63) is 74.6 Å². The van der Waals surface area contributed by atoms with Crippen LogP contribution in [0.4, 0.5) is 0 Å². The van der Waals surface area contributed by atoms with Crippen LogP contribution in [0.25, 0.3) is 6.08 Å². The first-order chi connectivity index (χ1) is 12.0. The third-order valence-electron chi connectivity index (χ3n) is 4.44. The Hall–Kier alpha value is -2.89. The Morgan fingerprint density at radius 3 is 2.52 bits per heavy atom. The normalized spacial score (nSPS) is 15.3. The van der Waals surface area contributed by atoms with Gasteiger partial charge in [-0.05, 0) is 30.4 Å². The van der Waals surface area contributed by atoms with E-state index in [2.05, 4.69) is 5.32 Å². The highest BCUT2D eigenvalue weighted by atomic mass is 16.2. The molecular weight excluding hydrogens is 318 g/mol. The maximum Gasteiger partial charge on any atom is 0.330 e. The van der Waals surface area contributed by atoms with Crippen LogP contribution in [0.2, 0.25) is 0 Å². The highest BCUT2D eigenvalue weighted by Crippen LogP contribution is 2.40. The van der Waals surface area contributed by atoms with Gasteiger partial charge in [0, 0.05) is 26.4 Å². The Balaban J connectivity index is 1.77. The number of rotatable bonds is 5. The number of hydrogen-bond donors (Lipinski definition) is 1. The summed E-state index contributed by atoms with van der Waals surface area (Å²) in [5.74, 6) is 0.210. The van der Waals surface area contributed by atoms with Gasteiger partial charge in [0.1, 0.15) is 0 Å². The second kappa shape index (κ2) is 6.93. The molecule has 1 unspecified atom stereocenters. The van der Waals surface area contributed by atoms with Gasteiger partial charge in [-0.1, -0.05) is 30.3 Å². The third-order valence-corrected chi connectivity index (χ3v) is 4.44. The summed E-state index contributed by atoms with van der Waals surface area (Å²) in [4.78, 5) is 36.1. The monoisotopic (exact) mass is 339 g/mol. The lowest BCUT2D eigenvalue weighted by Crippen LogP contribution is -2.37. The van der Waals surface area contributed by atoms with Gasteiger partial charge >= 0.3 is 5.69 Å². The van der Waals surface area contributed by atoms with Crippen LogP contribution < -0.4 is 16.6 Å². The predicted molar refractivity (Wildman–Crippen MR) is 96.0 cm³/mol. The van der Waals surface area contributed by atoms with Gasteiger partial charge in [0.15, 0.2) is 0 Å². The lowest BCUT2D eigenvalue weighted by atomic mass is 10.0. The van der Waals surface area contributed by atoms with Crippen LogP contribution in [0, 0.1) is 5.92 Å². The highest BCUT2D eigenvalue weighted by molar-refractivity contribution is 5.91. The molecule has 1 fully saturated rings. The van der Waals surface area contributed by atoms with E-state index >= 15 is 0 Å². The second-order valence-corrected chi connectivity index (χ2v) is 6.41. The number of aryl methyl sites for hydroxylation is 1. The molecule has 0 spiro atoms. The molecule has 1 heterocycles. The average molecular weight is 339 g/mol. The number of carbonyl (C=O) groups is 1. The molecule has 2 aromatic rings. The fourth-order valence-corrected chi connectivity index (χ4v) is 2.88. The molecule has 130 valence electrons. The van der Waals surface area contributed by atoms with E-state index in [0.29, 0.717) is 11.5 Å². The number of carbonyl (C=O) groups excluding carboxylic acids is 1. The zero-order valence-electron chi connectivity index (χ0n) is 14.3. The van der Waals surface area contributed by atoms with Gasteiger partial charge in [0.05, 0.1) is 11.6 Å². The van der Waals surface area contributed by atoms with E-state index in [9.17, 15) is 14.4 Å². The van der Waals surface area contributed by atoms with Crippen LogP contribution in [0.3, 0.4) is 0 Å². The van der Waals surface area contributed by atoms with Crippen molar-refractivity contribution >= 4 is 12.0 Å². The van der Waals surface area contributed by atoms with Crippen molar-refractivity contribution in [2.45, 2.75) is 18.9 Å². The predicted octanol–water partition coefficient (Wildman–Crippen LogP) is 1.36. The van der Waals surface area contributed by atoms with Crippen LogP contribution in [0.15, 0.2) is 52.2 Å². The Morgan fingerprint density at radius 2 is 1.88 bits per heavy atom. The van der Waals surface area contributed by atoms with E-state index in [0.717, 1.165) is 23.0 Å². The molecule has 1 aliphatic carbocycles. The van der Waals surface area contributed by atoms with E-state index in [4.69, 9.17) is 0 Å². The second-order valence-electron chi connectivity index (χ2n) is 6.41. The minimum Gasteiger partial charge on any atom is -0.345 e. The van der Waals surface area contributed by atoms with Crippen molar-refractivity contribution in [2.75, 3.05) is 0 Å². The summed E-state index contributed by atoms with van der Waals surface area (Å²) in [5.41, 5.74) is 0.561. The summed E-state index contributed by atoms with van der Waals surface area (Å²) in [6, 6.07) is 9.87. The molecular formula is C19H21N3O3. The number of nitrogens with zero attached hydrogens (tertiary/aromatic N) is 2. The molecule has 1 amide bonds. The first kappa shape index (κ1) is 17.0. The molecule has 1 aromatic carbocycles. The molecule has 0 aliphatic heterocycles. The Bertz CT molecular complexity index is 921. The number of benzene rings is 1. The summed E-state index contributed by atoms with van der Waals surface area (Å²) >= 11 is 0. The summed E-state index contributed by atoms with van der Waals surface area (Å²) < 4.78 is 2.34. The van der Waals surface area contributed by atoms with Crippen LogP contribution >= 0.6 is 0 Å². The van der Waals surface area contributed by atoms with Gasteiger partial charge < -0.3 is 9.88 Å². The SMILES string of the molecule is Cn1cc(/C=C/C(=O)NC(c2ccccc2)C2CC2)c(=O)n(C)c1=O. The van der Waals surface area contributed by atoms with Crippen LogP contribution in [0.5, 0.6) is 0 Å². The maximum absolute atomic E-state index is 12.3. The van der Waals surface area contributed by atoms with Gasteiger partial charge in [0.2, 0.25) is 5.91 Å². The molecule has 1 saturated carbocycles. The number of hydrogen-bond acceptors (Lipinski definition) is 3. The van der Waals surface area contributed by atoms with Gasteiger partial charge in [0.25, 0.3) is 5.56 Å². The van der Waals surface area contributed by atoms with Crippen LogP contribution in [-0.2, 0) is 18.9 Å². The fourth-order valence-electron chi connectivity index (χ4n) is 2.88. The van der Waals surface area contributed by atoms with Crippen molar-refractivity contribution in [1.82, 2.24) is 14.5 Å². The van der Waals surface area contributed by atoms with Gasteiger partial charge in [-0.3, -0.25) is 14.2 Å². The number of aromatic nitrogens is 2. The topological polar surface area (TPSA) is 73.1 Å². The Kier molecular flexibility index (Phi) is 4.70. The Morgan fingerprint density at radius 1 is 1.20 bits per heavy atom. The van der Waals surface area contributed by atoms with Crippen LogP contribution in [-0.4, -0.2) is 15.0 Å². The van der Waals surface area contributed by atoms with Crippen molar-refractivity contribution in [3.63, 3.8) is 0 Å². The lowest BCUT2D eigenvalue weighted by Gasteiger charge is -2.17. The van der Waals surface area contributed by atoms with Crippen molar-refractivity contribution in [2.24, 2.45) is 20.0 Å². The average Bonchev–Trinajstić information content (AvgIpc) is 3.45. The summed E-state index contributed by atoms with van der Waals surface area (Å²) in [5, 5.41) is 3.02. The van der Waals surface area contributed by atoms with E-state index < -0.39 is 11.2 Å². The van der Waals surface area contributed by atoms with E-state index in [-0.39, 0.29) is 11.9 Å². The first-order valence-electron chi connectivity index (χ1n) is 8.27. The smallest absolute Gasteiger partial charge is 0.330 e. The Labute approximate surface area is 145 Å². The number of nitrogens with one attached hydrogen (secondary N) is 1. The minimum atomic E-state index is -0.422. The molecule has 0 bridgehead atoms. The molecule has 1 aliphatic rings. The quantitative estimate of drug-likeness (QED) is 0.836. The molecule has 6 nitrogen and oxygen atoms in total. The lowest BCUT2D eigenvalue weighted by molar-refractivity contribution is -0.117. The zero-order valence-corrected chi connectivity index (χ0v) is 14.3. The van der Waals surface area contributed by atoms with Gasteiger partial charge in [-0.15, -0.1) is 0 Å². The third kappa shape index (κ3) is 3.79. The van der Waals surface area contributed by atoms with E-state index in [1.165, 1.54) is 30.0 Å². The largest absolute Gasteiger partial charge is 0.345 e. The molecule has 1 N–H and O–H groups in total. The van der Waals surface area contributed by atoms with Crippen LogP contribution in [0.1, 0.15) is 30.0 Å². The highest BCUT2D eigenvalue weighted by Gasteiger charge is 2.32. The molecule has 0 radical (unpaired) electrons. The van der Waals surface area contributed by atoms with E-state index in [1.807, 2.05) is 30.3 Å². The standard InChI is InChI=1S/C19H21N3O3/c1-21-12-15(18(24)22(2)19(21)25)10-11-16(23)20-17(14-8-9-14)13-6-4-3-5-7-13/h3-7,10-12,14,17H,8-9H2,1-2H3,(H,20,23)/b11-10+. The summed E-state index contributed by atoms with van der Waals surface area (Å²) in [6.07, 6.45) is 6.44. The maximum atomic E-state index is 12.3. The molecule has 6 heteroatoms. The molecule has 3 rings (SSSR count). The van der Waals surface area contributed by atoms with Gasteiger partial charge in [-0.2, -0.15) is 0 Å². The summed E-state index contributed by atoms with van der Waals surface area (Å²) in [6.45, 7) is 0. The molecule has 1 aromatic heterocycles. The van der Waals surface area contributed by atoms with E-state index in [1.54, 1.807) is 7.05 Å². The molecule has 0 saturated heterocycles. The van der Waals surface area contributed by atoms with Crippen molar-refractivity contribution < 1.29 is 4.79 Å². The summed E-state index contributed by atoms with van der Waals surface area (Å²) in [7, 11) is 2.98. The number of amides is 1. The van der Waals surface area contributed by atoms with Crippen molar-refractivity contribution in [3.8, 4) is 0 Å². The van der Waals surface area contributed by atoms with Crippen molar-refractivity contribution in [1.29, 1.82) is 0 Å². The molecule has 25 heavy (non-hydrogen) atoms. The van der Waals surface area contributed by atoms with Gasteiger partial charge in [-0.25, -0.2) is 4.79 Å². The molecule has 1 atom stereocenters. The zero-order chi connectivity index (χ0) is 18.0. The fraction of sp³-hybridized carbons (Fsp3) is 0.316. The first-order valence-corrected chi connectivity index (χ1v) is 8.27. The minimum absolute atomic E-state index is 0.0127.